The van der Waals surface area contributed by atoms with Gasteiger partial charge in [-0.25, -0.2) is 0 Å². The number of amides is 1. The average Bonchev–Trinajstić information content (AvgIpc) is 2.12. The molecule has 2 aliphatic heterocycles. The molecule has 2 heterocycles. The van der Waals surface area contributed by atoms with E-state index in [-0.39, 0.29) is 5.91 Å². The molecule has 0 radical (unpaired) electrons. The molecule has 0 bridgehead atoms. The van der Waals surface area contributed by atoms with Crippen LogP contribution in [0.1, 0.15) is 19.8 Å². The first-order valence-electron chi connectivity index (χ1n) is 4.40. The summed E-state index contributed by atoms with van der Waals surface area (Å²) in [5.41, 5.74) is 1.35. The van der Waals surface area contributed by atoms with Crippen molar-refractivity contribution < 1.29 is 4.79 Å². The fraction of sp³-hybridized carbons (Fsp3) is 0.500. The summed E-state index contributed by atoms with van der Waals surface area (Å²) in [6, 6.07) is 0.358. The van der Waals surface area contributed by atoms with E-state index in [0.717, 1.165) is 13.0 Å². The molecule has 2 aliphatic rings. The van der Waals surface area contributed by atoms with Crippen LogP contribution >= 0.6 is 0 Å². The third-order valence-corrected chi connectivity index (χ3v) is 2.65. The van der Waals surface area contributed by atoms with Gasteiger partial charge in [0.15, 0.2) is 0 Å². The van der Waals surface area contributed by atoms with Gasteiger partial charge in [-0.2, -0.15) is 0 Å². The lowest BCUT2D eigenvalue weighted by atomic mass is 9.95. The lowest BCUT2D eigenvalue weighted by molar-refractivity contribution is -0.132. The summed E-state index contributed by atoms with van der Waals surface area (Å²) in [4.78, 5) is 13.4. The summed E-state index contributed by atoms with van der Waals surface area (Å²) in [5, 5.41) is 0. The van der Waals surface area contributed by atoms with Crippen LogP contribution in [0.4, 0.5) is 0 Å². The van der Waals surface area contributed by atoms with Crippen molar-refractivity contribution >= 4 is 5.91 Å². The molecule has 1 amide bonds. The van der Waals surface area contributed by atoms with Gasteiger partial charge in [-0.3, -0.25) is 4.79 Å². The van der Waals surface area contributed by atoms with Crippen molar-refractivity contribution in [2.24, 2.45) is 0 Å². The minimum Gasteiger partial charge on any atom is -0.332 e. The molecule has 0 aromatic rings. The third kappa shape index (κ3) is 1.07. The summed E-state index contributed by atoms with van der Waals surface area (Å²) in [7, 11) is 0. The maximum absolute atomic E-state index is 11.4. The Morgan fingerprint density at radius 3 is 3.08 bits per heavy atom. The number of hydrogen-bond acceptors (Lipinski definition) is 1. The van der Waals surface area contributed by atoms with E-state index in [4.69, 9.17) is 0 Å². The molecule has 64 valence electrons. The van der Waals surface area contributed by atoms with E-state index in [2.05, 4.69) is 25.2 Å². The lowest BCUT2D eigenvalue weighted by Crippen LogP contribution is -2.44. The maximum atomic E-state index is 11.4. The normalized spacial score (nSPS) is 28.4. The van der Waals surface area contributed by atoms with Gasteiger partial charge in [-0.1, -0.05) is 23.8 Å². The summed E-state index contributed by atoms with van der Waals surface area (Å²) in [6.45, 7) is 2.91. The molecule has 0 unspecified atom stereocenters. The van der Waals surface area contributed by atoms with E-state index in [0.29, 0.717) is 12.5 Å². The Morgan fingerprint density at radius 2 is 2.33 bits per heavy atom. The summed E-state index contributed by atoms with van der Waals surface area (Å²) < 4.78 is 0. The highest BCUT2D eigenvalue weighted by Gasteiger charge is 2.27. The smallest absolute Gasteiger partial charge is 0.227 e. The highest BCUT2D eigenvalue weighted by molar-refractivity contribution is 5.80. The Kier molecular flexibility index (Phi) is 1.75. The first-order valence-corrected chi connectivity index (χ1v) is 4.40. The number of hydrogen-bond donors (Lipinski definition) is 0. The number of fused-ring (bicyclic) bond motifs is 1. The Hall–Kier alpha value is -1.05. The van der Waals surface area contributed by atoms with E-state index in [1.54, 1.807) is 0 Å². The Morgan fingerprint density at radius 1 is 1.50 bits per heavy atom. The molecule has 0 saturated heterocycles. The van der Waals surface area contributed by atoms with Gasteiger partial charge in [-0.15, -0.1) is 0 Å². The van der Waals surface area contributed by atoms with Crippen molar-refractivity contribution in [3.63, 3.8) is 0 Å². The minimum atomic E-state index is 0.273. The molecule has 0 aromatic heterocycles. The molecule has 0 fully saturated rings. The SMILES string of the molecule is CC1=CCC(=O)N2CC=CC[C@H]12. The van der Waals surface area contributed by atoms with Crippen molar-refractivity contribution in [1.29, 1.82) is 0 Å². The van der Waals surface area contributed by atoms with Crippen molar-refractivity contribution in [3.05, 3.63) is 23.8 Å². The standard InChI is InChI=1S/C10H13NO/c1-8-5-6-10(12)11-7-3-2-4-9(8)11/h2-3,5,9H,4,6-7H2,1H3/t9-/m1/s1. The van der Waals surface area contributed by atoms with Crippen LogP contribution in [-0.4, -0.2) is 23.4 Å². The quantitative estimate of drug-likeness (QED) is 0.495. The summed E-state index contributed by atoms with van der Waals surface area (Å²) in [6.07, 6.45) is 7.89. The molecule has 0 aromatic carbocycles. The molecule has 0 spiro atoms. The van der Waals surface area contributed by atoms with Gasteiger partial charge in [0.1, 0.15) is 0 Å². The van der Waals surface area contributed by atoms with Crippen LogP contribution < -0.4 is 0 Å². The van der Waals surface area contributed by atoms with Crippen LogP contribution in [-0.2, 0) is 4.79 Å². The van der Waals surface area contributed by atoms with E-state index in [9.17, 15) is 4.79 Å². The molecule has 2 heteroatoms. The predicted octanol–water partition coefficient (Wildman–Crippen LogP) is 1.49. The Labute approximate surface area is 72.6 Å². The zero-order valence-electron chi connectivity index (χ0n) is 7.29. The van der Waals surface area contributed by atoms with Gasteiger partial charge in [0, 0.05) is 13.0 Å². The second-order valence-electron chi connectivity index (χ2n) is 3.42. The van der Waals surface area contributed by atoms with Gasteiger partial charge < -0.3 is 4.90 Å². The predicted molar refractivity (Wildman–Crippen MR) is 47.6 cm³/mol. The van der Waals surface area contributed by atoms with Crippen molar-refractivity contribution in [3.8, 4) is 0 Å². The first-order chi connectivity index (χ1) is 5.79. The molecule has 2 nitrogen and oxygen atoms in total. The number of nitrogens with zero attached hydrogens (tertiary/aromatic N) is 1. The van der Waals surface area contributed by atoms with Crippen LogP contribution in [0.5, 0.6) is 0 Å². The zero-order valence-corrected chi connectivity index (χ0v) is 7.29. The molecule has 0 N–H and O–H groups in total. The first kappa shape index (κ1) is 7.59. The molecule has 2 rings (SSSR count). The lowest BCUT2D eigenvalue weighted by Gasteiger charge is -2.36. The maximum Gasteiger partial charge on any atom is 0.227 e. The second-order valence-corrected chi connectivity index (χ2v) is 3.42. The third-order valence-electron chi connectivity index (χ3n) is 2.65. The van der Waals surface area contributed by atoms with Gasteiger partial charge in [-0.05, 0) is 13.3 Å². The summed E-state index contributed by atoms with van der Waals surface area (Å²) in [5.74, 6) is 0.273. The van der Waals surface area contributed by atoms with Crippen LogP contribution in [0.3, 0.4) is 0 Å². The molecule has 0 saturated carbocycles. The minimum absolute atomic E-state index is 0.273. The van der Waals surface area contributed by atoms with E-state index in [1.165, 1.54) is 5.57 Å². The second kappa shape index (κ2) is 2.77. The van der Waals surface area contributed by atoms with E-state index >= 15 is 0 Å². The van der Waals surface area contributed by atoms with Crippen molar-refractivity contribution in [2.75, 3.05) is 6.54 Å². The molecule has 1 atom stereocenters. The van der Waals surface area contributed by atoms with E-state index < -0.39 is 0 Å². The monoisotopic (exact) mass is 163 g/mol. The van der Waals surface area contributed by atoms with Gasteiger partial charge in [0.25, 0.3) is 0 Å². The van der Waals surface area contributed by atoms with Crippen LogP contribution in [0.25, 0.3) is 0 Å². The fourth-order valence-electron chi connectivity index (χ4n) is 1.88. The fourth-order valence-corrected chi connectivity index (χ4v) is 1.88. The van der Waals surface area contributed by atoms with E-state index in [1.807, 2.05) is 4.90 Å². The van der Waals surface area contributed by atoms with Gasteiger partial charge in [0.2, 0.25) is 5.91 Å². The number of rotatable bonds is 0. The topological polar surface area (TPSA) is 20.3 Å². The zero-order chi connectivity index (χ0) is 8.55. The van der Waals surface area contributed by atoms with Gasteiger partial charge >= 0.3 is 0 Å². The Balaban J connectivity index is 2.29. The highest BCUT2D eigenvalue weighted by Crippen LogP contribution is 2.23. The molecule has 12 heavy (non-hydrogen) atoms. The average molecular weight is 163 g/mol. The molecule has 0 aliphatic carbocycles. The number of carbonyl (C=O) groups excluding carboxylic acids is 1. The van der Waals surface area contributed by atoms with Gasteiger partial charge in [0.05, 0.1) is 6.04 Å². The van der Waals surface area contributed by atoms with Crippen molar-refractivity contribution in [2.45, 2.75) is 25.8 Å². The van der Waals surface area contributed by atoms with Crippen LogP contribution in [0, 0.1) is 0 Å². The van der Waals surface area contributed by atoms with Crippen molar-refractivity contribution in [1.82, 2.24) is 4.90 Å². The molecular weight excluding hydrogens is 150 g/mol. The Bertz CT molecular complexity index is 265. The van der Waals surface area contributed by atoms with Crippen LogP contribution in [0.2, 0.25) is 0 Å². The number of carbonyl (C=O) groups is 1. The highest BCUT2D eigenvalue weighted by atomic mass is 16.2. The molecular formula is C10H13NO. The summed E-state index contributed by atoms with van der Waals surface area (Å²) >= 11 is 0. The largest absolute Gasteiger partial charge is 0.332 e. The van der Waals surface area contributed by atoms with Crippen LogP contribution in [0.15, 0.2) is 23.8 Å².